The van der Waals surface area contributed by atoms with Crippen molar-refractivity contribution in [3.63, 3.8) is 0 Å². The molecule has 1 aliphatic carbocycles. The van der Waals surface area contributed by atoms with Crippen molar-refractivity contribution in [3.05, 3.63) is 17.7 Å². The highest BCUT2D eigenvalue weighted by Gasteiger charge is 2.30. The fraction of sp³-hybridized carbons (Fsp3) is 0.615. The van der Waals surface area contributed by atoms with Crippen LogP contribution in [0.2, 0.25) is 0 Å². The molecule has 4 rings (SSSR count). The number of aromatic nitrogens is 3. The average Bonchev–Trinajstić information content (AvgIpc) is 3.01. The molecule has 2 fully saturated rings. The summed E-state index contributed by atoms with van der Waals surface area (Å²) in [5.41, 5.74) is 0.636. The van der Waals surface area contributed by atoms with Crippen molar-refractivity contribution in [2.45, 2.75) is 24.8 Å². The van der Waals surface area contributed by atoms with Crippen LogP contribution in [0.5, 0.6) is 0 Å². The maximum Gasteiger partial charge on any atom is 0.280 e. The number of likely N-dealkylation sites (N-methyl/N-ethyl adjacent to an activating group) is 1. The zero-order valence-corrected chi connectivity index (χ0v) is 11.4. The van der Waals surface area contributed by atoms with E-state index in [1.807, 2.05) is 6.07 Å². The van der Waals surface area contributed by atoms with Crippen LogP contribution < -0.4 is 5.32 Å². The van der Waals surface area contributed by atoms with E-state index in [1.165, 1.54) is 12.8 Å². The van der Waals surface area contributed by atoms with Gasteiger partial charge >= 0.3 is 0 Å². The molecule has 0 amide bonds. The first kappa shape index (κ1) is 12.0. The summed E-state index contributed by atoms with van der Waals surface area (Å²) in [6, 6.07) is 2.06. The number of nitrogens with zero attached hydrogens (tertiary/aromatic N) is 4. The number of hydrogen-bond donors (Lipinski definition) is 1. The van der Waals surface area contributed by atoms with Crippen LogP contribution in [0.25, 0.3) is 11.6 Å². The van der Waals surface area contributed by atoms with Crippen LogP contribution in [0, 0.1) is 0 Å². The van der Waals surface area contributed by atoms with Crippen LogP contribution in [0.3, 0.4) is 0 Å². The minimum Gasteiger partial charge on any atom is -0.360 e. The molecule has 1 atom stereocenters. The Morgan fingerprint density at radius 2 is 2.20 bits per heavy atom. The van der Waals surface area contributed by atoms with Gasteiger partial charge in [0.2, 0.25) is 0 Å². The molecule has 0 radical (unpaired) electrons. The first-order valence-corrected chi connectivity index (χ1v) is 7.03. The Balaban J connectivity index is 1.57. The lowest BCUT2D eigenvalue weighted by molar-refractivity contribution is 0.190. The lowest BCUT2D eigenvalue weighted by atomic mass is 10.2. The maximum absolute atomic E-state index is 5.33. The fourth-order valence-electron chi connectivity index (χ4n) is 2.52. The molecule has 0 aromatic carbocycles. The second-order valence-corrected chi connectivity index (χ2v) is 5.55. The molecule has 3 heterocycles. The molecule has 2 aromatic rings. The van der Waals surface area contributed by atoms with Crippen molar-refractivity contribution in [1.29, 1.82) is 0 Å². The van der Waals surface area contributed by atoms with E-state index in [9.17, 15) is 0 Å². The summed E-state index contributed by atoms with van der Waals surface area (Å²) >= 11 is 0. The van der Waals surface area contributed by atoms with Gasteiger partial charge in [-0.15, -0.1) is 0 Å². The molecule has 2 aromatic heterocycles. The van der Waals surface area contributed by atoms with Gasteiger partial charge < -0.3 is 14.4 Å². The van der Waals surface area contributed by atoms with Gasteiger partial charge in [-0.3, -0.25) is 4.90 Å². The Bertz CT molecular complexity index is 603. The molecule has 7 heteroatoms. The van der Waals surface area contributed by atoms with E-state index in [4.69, 9.17) is 9.05 Å². The summed E-state index contributed by atoms with van der Waals surface area (Å²) in [7, 11) is 2.07. The summed E-state index contributed by atoms with van der Waals surface area (Å²) in [4.78, 5) is 6.69. The van der Waals surface area contributed by atoms with E-state index < -0.39 is 0 Å². The molecule has 1 saturated heterocycles. The number of rotatable bonds is 3. The molecule has 7 nitrogen and oxygen atoms in total. The maximum atomic E-state index is 5.33. The van der Waals surface area contributed by atoms with Crippen LogP contribution >= 0.6 is 0 Å². The molecule has 1 aliphatic heterocycles. The summed E-state index contributed by atoms with van der Waals surface area (Å²) < 4.78 is 10.6. The van der Waals surface area contributed by atoms with Crippen molar-refractivity contribution < 1.29 is 9.05 Å². The van der Waals surface area contributed by atoms with Crippen LogP contribution in [0.4, 0.5) is 0 Å². The quantitative estimate of drug-likeness (QED) is 0.900. The van der Waals surface area contributed by atoms with Crippen LogP contribution in [0.1, 0.15) is 36.4 Å². The van der Waals surface area contributed by atoms with E-state index in [0.29, 0.717) is 23.3 Å². The normalized spacial score (nSPS) is 24.1. The van der Waals surface area contributed by atoms with Crippen molar-refractivity contribution >= 4 is 0 Å². The third-order valence-corrected chi connectivity index (χ3v) is 3.98. The standard InChI is InChI=1S/C13H17N5O2/c1-18-5-4-14-7-10(18)12-15-13(20-17-12)9-6-11(19-16-9)8-2-3-8/h6,8,10,14H,2-5,7H2,1H3. The highest BCUT2D eigenvalue weighted by molar-refractivity contribution is 5.46. The Hall–Kier alpha value is -1.73. The van der Waals surface area contributed by atoms with Gasteiger partial charge in [-0.25, -0.2) is 0 Å². The first-order valence-electron chi connectivity index (χ1n) is 7.03. The Labute approximate surface area is 116 Å². The summed E-state index contributed by atoms with van der Waals surface area (Å²) in [6.07, 6.45) is 2.37. The van der Waals surface area contributed by atoms with Gasteiger partial charge in [-0.2, -0.15) is 4.98 Å². The zero-order valence-electron chi connectivity index (χ0n) is 11.4. The Kier molecular flexibility index (Phi) is 2.82. The van der Waals surface area contributed by atoms with Crippen LogP contribution in [-0.2, 0) is 0 Å². The molecular formula is C13H17N5O2. The van der Waals surface area contributed by atoms with Crippen molar-refractivity contribution in [3.8, 4) is 11.6 Å². The van der Waals surface area contributed by atoms with Crippen LogP contribution in [-0.4, -0.2) is 46.9 Å². The number of piperazine rings is 1. The van der Waals surface area contributed by atoms with E-state index in [-0.39, 0.29) is 6.04 Å². The van der Waals surface area contributed by atoms with E-state index in [1.54, 1.807) is 0 Å². The average molecular weight is 275 g/mol. The topological polar surface area (TPSA) is 80.2 Å². The van der Waals surface area contributed by atoms with Crippen LogP contribution in [0.15, 0.2) is 15.1 Å². The number of nitrogens with one attached hydrogen (secondary N) is 1. The van der Waals surface area contributed by atoms with Gasteiger partial charge in [0.15, 0.2) is 11.5 Å². The zero-order chi connectivity index (χ0) is 13.5. The summed E-state index contributed by atoms with van der Waals surface area (Å²) in [6.45, 7) is 2.80. The second kappa shape index (κ2) is 4.68. The smallest absolute Gasteiger partial charge is 0.280 e. The third-order valence-electron chi connectivity index (χ3n) is 3.98. The molecule has 0 spiro atoms. The molecule has 106 valence electrons. The highest BCUT2D eigenvalue weighted by atomic mass is 16.5. The largest absolute Gasteiger partial charge is 0.360 e. The minimum atomic E-state index is 0.149. The molecule has 0 bridgehead atoms. The predicted octanol–water partition coefficient (Wildman–Crippen LogP) is 1.18. The van der Waals surface area contributed by atoms with Gasteiger partial charge in [-0.05, 0) is 19.9 Å². The minimum absolute atomic E-state index is 0.149. The molecule has 1 N–H and O–H groups in total. The molecule has 1 saturated carbocycles. The lowest BCUT2D eigenvalue weighted by Gasteiger charge is -2.30. The molecule has 2 aliphatic rings. The van der Waals surface area contributed by atoms with Gasteiger partial charge in [-0.1, -0.05) is 10.3 Å². The summed E-state index contributed by atoms with van der Waals surface area (Å²) in [5, 5.41) is 11.5. The number of hydrogen-bond acceptors (Lipinski definition) is 7. The highest BCUT2D eigenvalue weighted by Crippen LogP contribution is 2.41. The van der Waals surface area contributed by atoms with E-state index in [0.717, 1.165) is 25.4 Å². The SMILES string of the molecule is CN1CCNCC1c1noc(-c2cc(C3CC3)on2)n1. The third kappa shape index (κ3) is 2.12. The van der Waals surface area contributed by atoms with Gasteiger partial charge in [0.25, 0.3) is 5.89 Å². The Morgan fingerprint density at radius 3 is 3.00 bits per heavy atom. The van der Waals surface area contributed by atoms with Gasteiger partial charge in [0, 0.05) is 31.6 Å². The molecular weight excluding hydrogens is 258 g/mol. The van der Waals surface area contributed by atoms with E-state index >= 15 is 0 Å². The van der Waals surface area contributed by atoms with Crippen molar-refractivity contribution in [1.82, 2.24) is 25.5 Å². The monoisotopic (exact) mass is 275 g/mol. The fourth-order valence-corrected chi connectivity index (χ4v) is 2.52. The van der Waals surface area contributed by atoms with Crippen molar-refractivity contribution in [2.24, 2.45) is 0 Å². The summed E-state index contributed by atoms with van der Waals surface area (Å²) in [5.74, 6) is 2.60. The second-order valence-electron chi connectivity index (χ2n) is 5.55. The lowest BCUT2D eigenvalue weighted by Crippen LogP contribution is -2.44. The predicted molar refractivity (Wildman–Crippen MR) is 70.0 cm³/mol. The molecule has 20 heavy (non-hydrogen) atoms. The van der Waals surface area contributed by atoms with Crippen molar-refractivity contribution in [2.75, 3.05) is 26.7 Å². The van der Waals surface area contributed by atoms with E-state index in [2.05, 4.69) is 32.6 Å². The first-order chi connectivity index (χ1) is 9.81. The van der Waals surface area contributed by atoms with Gasteiger partial charge in [0.1, 0.15) is 5.76 Å². The van der Waals surface area contributed by atoms with Gasteiger partial charge in [0.05, 0.1) is 6.04 Å². The Morgan fingerprint density at radius 1 is 1.30 bits per heavy atom. The molecule has 1 unspecified atom stereocenters.